The van der Waals surface area contributed by atoms with Gasteiger partial charge in [-0.2, -0.15) is 0 Å². The highest BCUT2D eigenvalue weighted by Crippen LogP contribution is 2.33. The van der Waals surface area contributed by atoms with Crippen LogP contribution in [0.4, 0.5) is 0 Å². The van der Waals surface area contributed by atoms with Crippen LogP contribution in [0, 0.1) is 0 Å². The molecule has 1 amide bonds. The quantitative estimate of drug-likeness (QED) is 0.785. The zero-order valence-corrected chi connectivity index (χ0v) is 15.1. The molecule has 0 unspecified atom stereocenters. The van der Waals surface area contributed by atoms with Crippen LogP contribution >= 0.6 is 0 Å². The molecule has 0 saturated carbocycles. The van der Waals surface area contributed by atoms with Crippen LogP contribution < -0.4 is 0 Å². The number of carboxylic acids is 1. The summed E-state index contributed by atoms with van der Waals surface area (Å²) in [5, 5.41) is 9.47. The number of hydrogen-bond donors (Lipinski definition) is 1. The number of carbonyl (C=O) groups is 2. The van der Waals surface area contributed by atoms with E-state index >= 15 is 0 Å². The first-order valence-electron chi connectivity index (χ1n) is 9.13. The summed E-state index contributed by atoms with van der Waals surface area (Å²) >= 11 is 0. The van der Waals surface area contributed by atoms with E-state index in [0.717, 1.165) is 11.1 Å². The van der Waals surface area contributed by atoms with E-state index in [1.807, 2.05) is 60.7 Å². The molecule has 2 aromatic carbocycles. The first-order valence-corrected chi connectivity index (χ1v) is 9.13. The van der Waals surface area contributed by atoms with E-state index in [-0.39, 0.29) is 12.5 Å². The molecule has 7 heteroatoms. The molecule has 4 atom stereocenters. The van der Waals surface area contributed by atoms with Gasteiger partial charge >= 0.3 is 5.97 Å². The van der Waals surface area contributed by atoms with E-state index in [9.17, 15) is 14.7 Å². The molecule has 4 rings (SSSR count). The molecule has 2 saturated heterocycles. The van der Waals surface area contributed by atoms with Gasteiger partial charge in [-0.1, -0.05) is 60.7 Å². The van der Waals surface area contributed by atoms with Crippen molar-refractivity contribution in [2.45, 2.75) is 37.7 Å². The van der Waals surface area contributed by atoms with Gasteiger partial charge in [-0.15, -0.1) is 0 Å². The first kappa shape index (κ1) is 18.6. The fourth-order valence-corrected chi connectivity index (χ4v) is 3.57. The number of hydrogen-bond acceptors (Lipinski definition) is 5. The van der Waals surface area contributed by atoms with E-state index < -0.39 is 30.5 Å². The number of fused-ring (bicyclic) bond motifs is 2. The Bertz CT molecular complexity index is 827. The summed E-state index contributed by atoms with van der Waals surface area (Å²) in [5.41, 5.74) is 1.94. The van der Waals surface area contributed by atoms with Gasteiger partial charge in [0.05, 0.1) is 19.3 Å². The normalized spacial score (nSPS) is 26.4. The van der Waals surface area contributed by atoms with Crippen LogP contribution in [0.5, 0.6) is 0 Å². The van der Waals surface area contributed by atoms with Crippen LogP contribution in [0.3, 0.4) is 0 Å². The molecule has 0 radical (unpaired) electrons. The Morgan fingerprint density at radius 2 is 1.64 bits per heavy atom. The average molecular weight is 383 g/mol. The maximum absolute atomic E-state index is 12.8. The van der Waals surface area contributed by atoms with Crippen molar-refractivity contribution in [2.24, 2.45) is 0 Å². The number of carboxylic acid groups (broad SMARTS) is 1. The summed E-state index contributed by atoms with van der Waals surface area (Å²) in [5.74, 6) is -1.52. The fraction of sp³-hybridized carbons (Fsp3) is 0.333. The van der Waals surface area contributed by atoms with Crippen LogP contribution in [0.2, 0.25) is 0 Å². The summed E-state index contributed by atoms with van der Waals surface area (Å²) in [6.45, 7) is 0.850. The van der Waals surface area contributed by atoms with Gasteiger partial charge in [-0.3, -0.25) is 4.79 Å². The van der Waals surface area contributed by atoms with Crippen LogP contribution in [-0.2, 0) is 37.0 Å². The number of aliphatic carboxylic acids is 1. The molecule has 0 aromatic heterocycles. The minimum Gasteiger partial charge on any atom is -0.479 e. The van der Waals surface area contributed by atoms with Gasteiger partial charge in [-0.25, -0.2) is 4.79 Å². The molecule has 146 valence electrons. The van der Waals surface area contributed by atoms with Crippen LogP contribution in [0.1, 0.15) is 11.1 Å². The van der Waals surface area contributed by atoms with E-state index in [1.165, 1.54) is 0 Å². The molecule has 2 fully saturated rings. The standard InChI is InChI=1S/C21H21NO6/c23-19-21-27-17(18(28-21)20(24)25)16(13-26-12-15-9-5-2-6-10-15)22(19)11-14-7-3-1-4-8-14/h1-10,16-18,21H,11-13H2,(H,24,25)/t16-,17-,18+,21+/m1/s1. The molecular formula is C21H21NO6. The predicted octanol–water partition coefficient (Wildman–Crippen LogP) is 1.81. The smallest absolute Gasteiger partial charge is 0.335 e. The van der Waals surface area contributed by atoms with E-state index in [4.69, 9.17) is 14.2 Å². The van der Waals surface area contributed by atoms with Gasteiger partial charge in [0.1, 0.15) is 6.10 Å². The summed E-state index contributed by atoms with van der Waals surface area (Å²) in [6.07, 6.45) is -3.15. The number of nitrogens with zero attached hydrogens (tertiary/aromatic N) is 1. The Balaban J connectivity index is 1.53. The molecule has 0 spiro atoms. The lowest BCUT2D eigenvalue weighted by Gasteiger charge is -2.38. The Kier molecular flexibility index (Phi) is 5.38. The zero-order chi connectivity index (χ0) is 19.5. The van der Waals surface area contributed by atoms with Crippen LogP contribution in [0.15, 0.2) is 60.7 Å². The second kappa shape index (κ2) is 8.10. The Morgan fingerprint density at radius 1 is 1.00 bits per heavy atom. The maximum atomic E-state index is 12.8. The van der Waals surface area contributed by atoms with Crippen molar-refractivity contribution in [3.05, 3.63) is 71.8 Å². The number of benzene rings is 2. The molecule has 2 aliphatic rings. The van der Waals surface area contributed by atoms with Crippen molar-refractivity contribution in [3.63, 3.8) is 0 Å². The van der Waals surface area contributed by atoms with Crippen LogP contribution in [0.25, 0.3) is 0 Å². The summed E-state index contributed by atoms with van der Waals surface area (Å²) in [6, 6.07) is 18.6. The third kappa shape index (κ3) is 3.77. The number of carbonyl (C=O) groups excluding carboxylic acids is 1. The van der Waals surface area contributed by atoms with E-state index in [0.29, 0.717) is 13.2 Å². The number of rotatable bonds is 7. The molecular weight excluding hydrogens is 362 g/mol. The molecule has 1 N–H and O–H groups in total. The monoisotopic (exact) mass is 383 g/mol. The van der Waals surface area contributed by atoms with Crippen molar-refractivity contribution in [1.82, 2.24) is 4.90 Å². The van der Waals surface area contributed by atoms with Gasteiger partial charge in [0.2, 0.25) is 6.29 Å². The molecule has 0 aliphatic carbocycles. The van der Waals surface area contributed by atoms with E-state index in [2.05, 4.69) is 0 Å². The van der Waals surface area contributed by atoms with Gasteiger partial charge in [0.15, 0.2) is 6.10 Å². The lowest BCUT2D eigenvalue weighted by atomic mass is 10.0. The highest BCUT2D eigenvalue weighted by atomic mass is 16.7. The van der Waals surface area contributed by atoms with Gasteiger partial charge in [0.25, 0.3) is 5.91 Å². The molecule has 2 bridgehead atoms. The van der Waals surface area contributed by atoms with Gasteiger partial charge < -0.3 is 24.2 Å². The van der Waals surface area contributed by atoms with Gasteiger partial charge in [-0.05, 0) is 11.1 Å². The second-order valence-corrected chi connectivity index (χ2v) is 6.85. The van der Waals surface area contributed by atoms with Crippen molar-refractivity contribution >= 4 is 11.9 Å². The molecule has 7 nitrogen and oxygen atoms in total. The fourth-order valence-electron chi connectivity index (χ4n) is 3.57. The SMILES string of the molecule is O=C(O)[C@H]1O[C@@H]2O[C@@H]1[C@@H](COCc1ccccc1)N(Cc1ccccc1)C2=O. The van der Waals surface area contributed by atoms with Crippen LogP contribution in [-0.4, -0.2) is 53.0 Å². The van der Waals surface area contributed by atoms with Gasteiger partial charge in [0, 0.05) is 6.54 Å². The molecule has 28 heavy (non-hydrogen) atoms. The van der Waals surface area contributed by atoms with E-state index in [1.54, 1.807) is 4.90 Å². The topological polar surface area (TPSA) is 85.3 Å². The predicted molar refractivity (Wildman–Crippen MR) is 98.0 cm³/mol. The summed E-state index contributed by atoms with van der Waals surface area (Å²) < 4.78 is 16.8. The minimum atomic E-state index is -1.19. The summed E-state index contributed by atoms with van der Waals surface area (Å²) in [7, 11) is 0. The molecule has 2 aliphatic heterocycles. The van der Waals surface area contributed by atoms with Crippen molar-refractivity contribution in [3.8, 4) is 0 Å². The van der Waals surface area contributed by atoms with Crippen molar-refractivity contribution < 1.29 is 28.9 Å². The molecule has 2 heterocycles. The minimum absolute atomic E-state index is 0.151. The lowest BCUT2D eigenvalue weighted by molar-refractivity contribution is -0.183. The average Bonchev–Trinajstić information content (AvgIpc) is 3.12. The van der Waals surface area contributed by atoms with Crippen molar-refractivity contribution in [2.75, 3.05) is 6.61 Å². The lowest BCUT2D eigenvalue weighted by Crippen LogP contribution is -2.58. The van der Waals surface area contributed by atoms with Crippen molar-refractivity contribution in [1.29, 1.82) is 0 Å². The number of amides is 1. The Hall–Kier alpha value is -2.74. The zero-order valence-electron chi connectivity index (χ0n) is 15.1. The second-order valence-electron chi connectivity index (χ2n) is 6.85. The summed E-state index contributed by atoms with van der Waals surface area (Å²) in [4.78, 5) is 26.0. The largest absolute Gasteiger partial charge is 0.479 e. The first-order chi connectivity index (χ1) is 13.6. The highest BCUT2D eigenvalue weighted by Gasteiger charge is 2.55. The number of morpholine rings is 1. The molecule has 2 aromatic rings. The highest BCUT2D eigenvalue weighted by molar-refractivity contribution is 5.84. The Labute approximate surface area is 162 Å². The number of ether oxygens (including phenoxy) is 3. The maximum Gasteiger partial charge on any atom is 0.335 e. The third-order valence-corrected chi connectivity index (χ3v) is 4.95. The Morgan fingerprint density at radius 3 is 2.29 bits per heavy atom. The third-order valence-electron chi connectivity index (χ3n) is 4.95.